The minimum absolute atomic E-state index is 0.190. The van der Waals surface area contributed by atoms with Crippen molar-refractivity contribution < 1.29 is 9.59 Å². The van der Waals surface area contributed by atoms with Crippen LogP contribution in [0.15, 0.2) is 66.9 Å². The number of aromatic nitrogens is 2. The number of rotatable bonds is 4. The second-order valence-electron chi connectivity index (χ2n) is 6.29. The molecule has 29 heavy (non-hydrogen) atoms. The summed E-state index contributed by atoms with van der Waals surface area (Å²) >= 11 is 11.9. The zero-order chi connectivity index (χ0) is 20.5. The quantitative estimate of drug-likeness (QED) is 0.497. The number of primary amides is 1. The van der Waals surface area contributed by atoms with E-state index in [0.29, 0.717) is 27.1 Å². The molecule has 8 heteroatoms. The van der Waals surface area contributed by atoms with Gasteiger partial charge >= 0.3 is 0 Å². The van der Waals surface area contributed by atoms with Gasteiger partial charge in [0, 0.05) is 22.8 Å². The van der Waals surface area contributed by atoms with Gasteiger partial charge in [-0.05, 0) is 54.6 Å². The SMILES string of the molecule is NC(=O)c1cccc(-n2ccc3cc(NC(=O)c4ccc(Cl)c(Cl)c4)ccc32)n1. The van der Waals surface area contributed by atoms with Crippen LogP contribution in [-0.4, -0.2) is 21.4 Å². The van der Waals surface area contributed by atoms with Crippen molar-refractivity contribution in [2.45, 2.75) is 0 Å². The first-order valence-corrected chi connectivity index (χ1v) is 9.33. The Hall–Kier alpha value is -3.35. The van der Waals surface area contributed by atoms with Crippen LogP contribution in [0.2, 0.25) is 10.0 Å². The molecule has 6 nitrogen and oxygen atoms in total. The number of pyridine rings is 1. The average Bonchev–Trinajstić information content (AvgIpc) is 3.13. The van der Waals surface area contributed by atoms with Gasteiger partial charge in [0.15, 0.2) is 0 Å². The van der Waals surface area contributed by atoms with E-state index in [4.69, 9.17) is 28.9 Å². The highest BCUT2D eigenvalue weighted by Crippen LogP contribution is 2.25. The van der Waals surface area contributed by atoms with E-state index in [2.05, 4.69) is 10.3 Å². The number of nitrogens with two attached hydrogens (primary N) is 1. The monoisotopic (exact) mass is 424 g/mol. The van der Waals surface area contributed by atoms with Crippen LogP contribution in [0.4, 0.5) is 5.69 Å². The minimum Gasteiger partial charge on any atom is -0.364 e. The number of halogens is 2. The van der Waals surface area contributed by atoms with Gasteiger partial charge < -0.3 is 15.6 Å². The normalized spacial score (nSPS) is 10.8. The summed E-state index contributed by atoms with van der Waals surface area (Å²) in [6, 6.07) is 17.2. The molecule has 0 bridgehead atoms. The van der Waals surface area contributed by atoms with Crippen molar-refractivity contribution in [3.05, 3.63) is 88.2 Å². The Labute approximate surface area is 175 Å². The van der Waals surface area contributed by atoms with Gasteiger partial charge in [-0.15, -0.1) is 0 Å². The van der Waals surface area contributed by atoms with E-state index in [0.717, 1.165) is 10.9 Å². The first kappa shape index (κ1) is 19.0. The summed E-state index contributed by atoms with van der Waals surface area (Å²) in [6.07, 6.45) is 1.84. The fourth-order valence-corrected chi connectivity index (χ4v) is 3.25. The van der Waals surface area contributed by atoms with Gasteiger partial charge in [-0.1, -0.05) is 29.3 Å². The molecule has 2 heterocycles. The smallest absolute Gasteiger partial charge is 0.267 e. The summed E-state index contributed by atoms with van der Waals surface area (Å²) in [6.45, 7) is 0. The Morgan fingerprint density at radius 3 is 2.55 bits per heavy atom. The number of nitrogens with zero attached hydrogens (tertiary/aromatic N) is 2. The van der Waals surface area contributed by atoms with Crippen molar-refractivity contribution in [1.82, 2.24) is 9.55 Å². The lowest BCUT2D eigenvalue weighted by atomic mass is 10.2. The number of amides is 2. The fraction of sp³-hybridized carbons (Fsp3) is 0. The lowest BCUT2D eigenvalue weighted by Crippen LogP contribution is -2.14. The van der Waals surface area contributed by atoms with Crippen LogP contribution in [0, 0.1) is 0 Å². The van der Waals surface area contributed by atoms with Crippen LogP contribution in [0.1, 0.15) is 20.8 Å². The lowest BCUT2D eigenvalue weighted by molar-refractivity contribution is 0.0993. The van der Waals surface area contributed by atoms with Gasteiger partial charge in [0.25, 0.3) is 11.8 Å². The third kappa shape index (κ3) is 3.81. The lowest BCUT2D eigenvalue weighted by Gasteiger charge is -2.08. The molecule has 2 aromatic carbocycles. The third-order valence-electron chi connectivity index (χ3n) is 4.36. The molecule has 2 amide bonds. The zero-order valence-electron chi connectivity index (χ0n) is 14.9. The highest BCUT2D eigenvalue weighted by Gasteiger charge is 2.11. The number of anilines is 1. The maximum absolute atomic E-state index is 12.5. The van der Waals surface area contributed by atoms with Gasteiger partial charge in [0.05, 0.1) is 15.6 Å². The zero-order valence-corrected chi connectivity index (χ0v) is 16.4. The number of carbonyl (C=O) groups is 2. The topological polar surface area (TPSA) is 90.0 Å². The molecule has 4 rings (SSSR count). The first-order chi connectivity index (χ1) is 13.9. The Morgan fingerprint density at radius 1 is 0.966 bits per heavy atom. The van der Waals surface area contributed by atoms with Crippen LogP contribution in [0.5, 0.6) is 0 Å². The molecule has 144 valence electrons. The van der Waals surface area contributed by atoms with E-state index < -0.39 is 5.91 Å². The van der Waals surface area contributed by atoms with Crippen LogP contribution < -0.4 is 11.1 Å². The van der Waals surface area contributed by atoms with Crippen molar-refractivity contribution in [3.63, 3.8) is 0 Å². The molecule has 3 N–H and O–H groups in total. The molecular formula is C21H14Cl2N4O2. The molecule has 0 radical (unpaired) electrons. The Bertz CT molecular complexity index is 1270. The Morgan fingerprint density at radius 2 is 1.79 bits per heavy atom. The molecule has 0 fully saturated rings. The minimum atomic E-state index is -0.587. The van der Waals surface area contributed by atoms with E-state index in [1.165, 1.54) is 6.07 Å². The van der Waals surface area contributed by atoms with Gasteiger partial charge in [-0.3, -0.25) is 9.59 Å². The first-order valence-electron chi connectivity index (χ1n) is 8.57. The van der Waals surface area contributed by atoms with Crippen molar-refractivity contribution in [3.8, 4) is 5.82 Å². The highest BCUT2D eigenvalue weighted by molar-refractivity contribution is 6.42. The molecular weight excluding hydrogens is 411 g/mol. The number of hydrogen-bond donors (Lipinski definition) is 2. The van der Waals surface area contributed by atoms with E-state index >= 15 is 0 Å². The predicted octanol–water partition coefficient (Wildman–Crippen LogP) is 4.68. The molecule has 0 aliphatic carbocycles. The molecule has 0 atom stereocenters. The number of hydrogen-bond acceptors (Lipinski definition) is 3. The predicted molar refractivity (Wildman–Crippen MR) is 114 cm³/mol. The van der Waals surface area contributed by atoms with Crippen LogP contribution >= 0.6 is 23.2 Å². The average molecular weight is 425 g/mol. The van der Waals surface area contributed by atoms with Crippen molar-refractivity contribution >= 4 is 51.6 Å². The Balaban J connectivity index is 1.63. The van der Waals surface area contributed by atoms with Crippen LogP contribution in [0.25, 0.3) is 16.7 Å². The largest absolute Gasteiger partial charge is 0.364 e. The molecule has 4 aromatic rings. The standard InChI is InChI=1S/C21H14Cl2N4O2/c22-15-6-4-13(11-16(15)23)21(29)25-14-5-7-18-12(10-14)8-9-27(18)19-3-1-2-17(26-19)20(24)28/h1-11H,(H2,24,28)(H,25,29). The molecule has 0 saturated carbocycles. The third-order valence-corrected chi connectivity index (χ3v) is 5.10. The van der Waals surface area contributed by atoms with E-state index in [1.807, 2.05) is 29.0 Å². The summed E-state index contributed by atoms with van der Waals surface area (Å²) in [5.41, 5.74) is 7.41. The molecule has 0 aliphatic heterocycles. The molecule has 0 aliphatic rings. The fourth-order valence-electron chi connectivity index (χ4n) is 2.96. The van der Waals surface area contributed by atoms with Crippen molar-refractivity contribution in [2.75, 3.05) is 5.32 Å². The van der Waals surface area contributed by atoms with E-state index in [-0.39, 0.29) is 11.6 Å². The maximum atomic E-state index is 12.5. The highest BCUT2D eigenvalue weighted by atomic mass is 35.5. The van der Waals surface area contributed by atoms with E-state index in [1.54, 1.807) is 36.4 Å². The summed E-state index contributed by atoms with van der Waals surface area (Å²) < 4.78 is 1.84. The summed E-state index contributed by atoms with van der Waals surface area (Å²) in [5.74, 6) is -0.308. The van der Waals surface area contributed by atoms with Gasteiger partial charge in [-0.2, -0.15) is 0 Å². The summed E-state index contributed by atoms with van der Waals surface area (Å²) in [4.78, 5) is 28.1. The van der Waals surface area contributed by atoms with Gasteiger partial charge in [-0.25, -0.2) is 4.98 Å². The van der Waals surface area contributed by atoms with E-state index in [9.17, 15) is 9.59 Å². The molecule has 0 saturated heterocycles. The second-order valence-corrected chi connectivity index (χ2v) is 7.10. The molecule has 0 unspecified atom stereocenters. The summed E-state index contributed by atoms with van der Waals surface area (Å²) in [5, 5.41) is 4.44. The maximum Gasteiger partial charge on any atom is 0.267 e. The number of carbonyl (C=O) groups excluding carboxylic acids is 2. The number of fused-ring (bicyclic) bond motifs is 1. The van der Waals surface area contributed by atoms with Gasteiger partial charge in [0.1, 0.15) is 11.5 Å². The molecule has 0 spiro atoms. The number of nitrogens with one attached hydrogen (secondary N) is 1. The van der Waals surface area contributed by atoms with Crippen molar-refractivity contribution in [2.24, 2.45) is 5.73 Å². The van der Waals surface area contributed by atoms with Crippen molar-refractivity contribution in [1.29, 1.82) is 0 Å². The van der Waals surface area contributed by atoms with Gasteiger partial charge in [0.2, 0.25) is 0 Å². The Kier molecular flexibility index (Phi) is 4.96. The second kappa shape index (κ2) is 7.58. The summed E-state index contributed by atoms with van der Waals surface area (Å²) in [7, 11) is 0. The molecule has 2 aromatic heterocycles. The van der Waals surface area contributed by atoms with Crippen LogP contribution in [-0.2, 0) is 0 Å². The number of benzene rings is 2. The van der Waals surface area contributed by atoms with Crippen LogP contribution in [0.3, 0.4) is 0 Å².